The minimum Gasteiger partial charge on any atom is -0.495 e. The lowest BCUT2D eigenvalue weighted by molar-refractivity contribution is 0.417. The summed E-state index contributed by atoms with van der Waals surface area (Å²) in [5.74, 6) is 0.825. The fraction of sp³-hybridized carbons (Fsp3) is 0.118. The van der Waals surface area contributed by atoms with Crippen LogP contribution in [0, 0.1) is 6.92 Å². The summed E-state index contributed by atoms with van der Waals surface area (Å²) in [6.45, 7) is 2.00. The van der Waals surface area contributed by atoms with Crippen LogP contribution in [0.4, 0.5) is 11.4 Å². The van der Waals surface area contributed by atoms with Crippen LogP contribution in [0.2, 0.25) is 0 Å². The summed E-state index contributed by atoms with van der Waals surface area (Å²) in [6.07, 6.45) is 0. The lowest BCUT2D eigenvalue weighted by Gasteiger charge is -2.13. The highest BCUT2D eigenvalue weighted by molar-refractivity contribution is 5.93. The first-order chi connectivity index (χ1) is 9.78. The van der Waals surface area contributed by atoms with Crippen LogP contribution < -0.4 is 10.1 Å². The molecule has 0 atom stereocenters. The van der Waals surface area contributed by atoms with Crippen molar-refractivity contribution in [2.24, 2.45) is 0 Å². The summed E-state index contributed by atoms with van der Waals surface area (Å²) in [7, 11) is 1.68. The molecule has 0 amide bonds. The zero-order valence-electron chi connectivity index (χ0n) is 11.6. The molecule has 3 nitrogen and oxygen atoms in total. The Labute approximate surface area is 118 Å². The number of hydrogen-bond acceptors (Lipinski definition) is 3. The molecule has 1 heterocycles. The predicted octanol–water partition coefficient (Wildman–Crippen LogP) is 4.30. The first-order valence-electron chi connectivity index (χ1n) is 6.54. The minimum atomic E-state index is 0.825. The van der Waals surface area contributed by atoms with Gasteiger partial charge in [0.1, 0.15) is 5.75 Å². The van der Waals surface area contributed by atoms with Crippen molar-refractivity contribution in [2.75, 3.05) is 12.4 Å². The number of aryl methyl sites for hydroxylation is 1. The lowest BCUT2D eigenvalue weighted by atomic mass is 10.1. The number of ether oxygens (including phenoxy) is 1. The lowest BCUT2D eigenvalue weighted by Crippen LogP contribution is -1.97. The summed E-state index contributed by atoms with van der Waals surface area (Å²) in [5.41, 5.74) is 3.97. The van der Waals surface area contributed by atoms with Gasteiger partial charge in [0.2, 0.25) is 0 Å². The molecule has 1 aromatic heterocycles. The Morgan fingerprint density at radius 2 is 1.70 bits per heavy atom. The second-order valence-corrected chi connectivity index (χ2v) is 4.65. The van der Waals surface area contributed by atoms with Crippen molar-refractivity contribution in [2.45, 2.75) is 6.92 Å². The summed E-state index contributed by atoms with van der Waals surface area (Å²) in [6, 6.07) is 18.1. The Kier molecular flexibility index (Phi) is 3.25. The summed E-state index contributed by atoms with van der Waals surface area (Å²) in [5, 5.41) is 4.54. The van der Waals surface area contributed by atoms with Crippen molar-refractivity contribution >= 4 is 22.3 Å². The SMILES string of the molecule is COc1ccccc1Nc1cc(C)nc2ccccc12. The molecule has 0 fully saturated rings. The van der Waals surface area contributed by atoms with E-state index in [0.29, 0.717) is 0 Å². The van der Waals surface area contributed by atoms with Gasteiger partial charge in [-0.25, -0.2) is 0 Å². The maximum absolute atomic E-state index is 5.38. The van der Waals surface area contributed by atoms with Crippen molar-refractivity contribution < 1.29 is 4.74 Å². The molecule has 100 valence electrons. The fourth-order valence-electron chi connectivity index (χ4n) is 2.30. The highest BCUT2D eigenvalue weighted by Crippen LogP contribution is 2.31. The topological polar surface area (TPSA) is 34.1 Å². The number of anilines is 2. The van der Waals surface area contributed by atoms with Gasteiger partial charge in [0, 0.05) is 16.8 Å². The van der Waals surface area contributed by atoms with Gasteiger partial charge in [-0.05, 0) is 31.2 Å². The maximum atomic E-state index is 5.38. The number of aromatic nitrogens is 1. The van der Waals surface area contributed by atoms with Crippen LogP contribution in [-0.4, -0.2) is 12.1 Å². The van der Waals surface area contributed by atoms with E-state index in [9.17, 15) is 0 Å². The minimum absolute atomic E-state index is 0.825. The number of methoxy groups -OCH3 is 1. The van der Waals surface area contributed by atoms with Gasteiger partial charge in [-0.1, -0.05) is 30.3 Å². The third-order valence-electron chi connectivity index (χ3n) is 3.22. The van der Waals surface area contributed by atoms with Gasteiger partial charge in [-0.3, -0.25) is 4.98 Å². The second-order valence-electron chi connectivity index (χ2n) is 4.65. The number of para-hydroxylation sites is 3. The number of benzene rings is 2. The molecular weight excluding hydrogens is 248 g/mol. The number of nitrogens with one attached hydrogen (secondary N) is 1. The molecular formula is C17H16N2O. The fourth-order valence-corrected chi connectivity index (χ4v) is 2.30. The molecule has 1 N–H and O–H groups in total. The number of nitrogens with zero attached hydrogens (tertiary/aromatic N) is 1. The van der Waals surface area contributed by atoms with Crippen LogP contribution in [0.15, 0.2) is 54.6 Å². The van der Waals surface area contributed by atoms with Gasteiger partial charge in [-0.2, -0.15) is 0 Å². The van der Waals surface area contributed by atoms with Gasteiger partial charge in [0.25, 0.3) is 0 Å². The second kappa shape index (κ2) is 5.21. The molecule has 0 aliphatic carbocycles. The van der Waals surface area contributed by atoms with Gasteiger partial charge in [0.05, 0.1) is 18.3 Å². The van der Waals surface area contributed by atoms with E-state index < -0.39 is 0 Å². The van der Waals surface area contributed by atoms with E-state index in [-0.39, 0.29) is 0 Å². The first-order valence-corrected chi connectivity index (χ1v) is 6.54. The van der Waals surface area contributed by atoms with E-state index in [1.54, 1.807) is 7.11 Å². The normalized spacial score (nSPS) is 10.5. The molecule has 0 aliphatic rings. The highest BCUT2D eigenvalue weighted by Gasteiger charge is 2.06. The Bertz CT molecular complexity index is 753. The first kappa shape index (κ1) is 12.5. The third kappa shape index (κ3) is 2.30. The average molecular weight is 264 g/mol. The summed E-state index contributed by atoms with van der Waals surface area (Å²) >= 11 is 0. The Balaban J connectivity index is 2.10. The molecule has 3 heteroatoms. The molecule has 20 heavy (non-hydrogen) atoms. The van der Waals surface area contributed by atoms with Crippen LogP contribution in [0.1, 0.15) is 5.69 Å². The molecule has 3 aromatic rings. The van der Waals surface area contributed by atoms with Crippen LogP contribution in [0.5, 0.6) is 5.75 Å². The highest BCUT2D eigenvalue weighted by atomic mass is 16.5. The smallest absolute Gasteiger partial charge is 0.142 e. The quantitative estimate of drug-likeness (QED) is 0.766. The van der Waals surface area contributed by atoms with E-state index in [1.807, 2.05) is 49.4 Å². The number of rotatable bonds is 3. The Morgan fingerprint density at radius 3 is 2.55 bits per heavy atom. The molecule has 0 bridgehead atoms. The van der Waals surface area contributed by atoms with Crippen LogP contribution >= 0.6 is 0 Å². The van der Waals surface area contributed by atoms with E-state index in [4.69, 9.17) is 4.74 Å². The van der Waals surface area contributed by atoms with E-state index >= 15 is 0 Å². The molecule has 0 spiro atoms. The molecule has 0 saturated heterocycles. The van der Waals surface area contributed by atoms with E-state index in [0.717, 1.165) is 33.7 Å². The largest absolute Gasteiger partial charge is 0.495 e. The van der Waals surface area contributed by atoms with Crippen LogP contribution in [0.3, 0.4) is 0 Å². The number of fused-ring (bicyclic) bond motifs is 1. The molecule has 3 rings (SSSR count). The third-order valence-corrected chi connectivity index (χ3v) is 3.22. The maximum Gasteiger partial charge on any atom is 0.142 e. The predicted molar refractivity (Wildman–Crippen MR) is 82.8 cm³/mol. The van der Waals surface area contributed by atoms with Crippen molar-refractivity contribution in [1.29, 1.82) is 0 Å². The molecule has 2 aromatic carbocycles. The molecule has 0 saturated carbocycles. The Morgan fingerprint density at radius 1 is 0.950 bits per heavy atom. The standard InChI is InChI=1S/C17H16N2O/c1-12-11-16(13-7-3-4-8-14(13)18-12)19-15-9-5-6-10-17(15)20-2/h3-11H,1-2H3,(H,18,19). The summed E-state index contributed by atoms with van der Waals surface area (Å²) in [4.78, 5) is 4.55. The molecule has 0 aliphatic heterocycles. The van der Waals surface area contributed by atoms with Crippen molar-refractivity contribution in [3.05, 3.63) is 60.3 Å². The van der Waals surface area contributed by atoms with E-state index in [2.05, 4.69) is 22.4 Å². The van der Waals surface area contributed by atoms with Crippen LogP contribution in [0.25, 0.3) is 10.9 Å². The van der Waals surface area contributed by atoms with Crippen molar-refractivity contribution in [3.63, 3.8) is 0 Å². The number of pyridine rings is 1. The van der Waals surface area contributed by atoms with Gasteiger partial charge in [0.15, 0.2) is 0 Å². The van der Waals surface area contributed by atoms with Crippen molar-refractivity contribution in [1.82, 2.24) is 4.98 Å². The van der Waals surface area contributed by atoms with E-state index in [1.165, 1.54) is 0 Å². The zero-order chi connectivity index (χ0) is 13.9. The number of hydrogen-bond donors (Lipinski definition) is 1. The summed E-state index contributed by atoms with van der Waals surface area (Å²) < 4.78 is 5.38. The molecule has 0 unspecified atom stereocenters. The van der Waals surface area contributed by atoms with Crippen LogP contribution in [-0.2, 0) is 0 Å². The Hall–Kier alpha value is -2.55. The van der Waals surface area contributed by atoms with Gasteiger partial charge >= 0.3 is 0 Å². The zero-order valence-corrected chi connectivity index (χ0v) is 11.6. The molecule has 0 radical (unpaired) electrons. The van der Waals surface area contributed by atoms with Gasteiger partial charge in [-0.15, -0.1) is 0 Å². The van der Waals surface area contributed by atoms with Gasteiger partial charge < -0.3 is 10.1 Å². The monoisotopic (exact) mass is 264 g/mol. The average Bonchev–Trinajstić information content (AvgIpc) is 2.47. The van der Waals surface area contributed by atoms with Crippen molar-refractivity contribution in [3.8, 4) is 5.75 Å².